The van der Waals surface area contributed by atoms with E-state index in [-0.39, 0.29) is 17.9 Å². The van der Waals surface area contributed by atoms with Gasteiger partial charge in [0.2, 0.25) is 5.91 Å². The van der Waals surface area contributed by atoms with Gasteiger partial charge in [-0.25, -0.2) is 5.06 Å². The first-order chi connectivity index (χ1) is 6.11. The molecule has 1 saturated carbocycles. The number of carbonyl (C=O) groups excluding carboxylic acids is 1. The molecule has 1 aliphatic heterocycles. The zero-order valence-electron chi connectivity index (χ0n) is 7.38. The molecule has 4 atom stereocenters. The molecule has 0 aromatic rings. The molecule has 4 unspecified atom stereocenters. The van der Waals surface area contributed by atoms with Gasteiger partial charge in [0.15, 0.2) is 0 Å². The first-order valence-corrected chi connectivity index (χ1v) is 4.40. The second kappa shape index (κ2) is 2.94. The van der Waals surface area contributed by atoms with Crippen molar-refractivity contribution in [1.82, 2.24) is 5.06 Å². The molecule has 2 rings (SSSR count). The van der Waals surface area contributed by atoms with Crippen molar-refractivity contribution in [2.45, 2.75) is 31.6 Å². The van der Waals surface area contributed by atoms with Gasteiger partial charge in [0.05, 0.1) is 24.9 Å². The summed E-state index contributed by atoms with van der Waals surface area (Å²) in [6.45, 7) is 1.74. The lowest BCUT2D eigenvalue weighted by Crippen LogP contribution is -2.34. The Labute approximate surface area is 75.9 Å². The highest BCUT2D eigenvalue weighted by Gasteiger charge is 2.50. The van der Waals surface area contributed by atoms with Crippen LogP contribution in [0.25, 0.3) is 0 Å². The zero-order chi connectivity index (χ0) is 9.59. The molecule has 1 amide bonds. The topological polar surface area (TPSA) is 70.0 Å². The number of fused-ring (bicyclic) bond motifs is 1. The van der Waals surface area contributed by atoms with Gasteiger partial charge in [-0.05, 0) is 6.42 Å². The van der Waals surface area contributed by atoms with Crippen LogP contribution in [0.2, 0.25) is 0 Å². The van der Waals surface area contributed by atoms with Gasteiger partial charge in [0, 0.05) is 12.8 Å². The Morgan fingerprint density at radius 2 is 2.23 bits per heavy atom. The maximum Gasteiger partial charge on any atom is 0.243 e. The molecule has 2 fully saturated rings. The van der Waals surface area contributed by atoms with Crippen molar-refractivity contribution in [3.8, 4) is 0 Å². The zero-order valence-corrected chi connectivity index (χ0v) is 7.38. The fraction of sp³-hybridized carbons (Fsp3) is 0.875. The maximum atomic E-state index is 11.0. The predicted octanol–water partition coefficient (Wildman–Crippen LogP) is -1.11. The van der Waals surface area contributed by atoms with Crippen molar-refractivity contribution >= 4 is 5.91 Å². The van der Waals surface area contributed by atoms with Crippen molar-refractivity contribution in [2.75, 3.05) is 6.61 Å². The molecule has 0 spiro atoms. The smallest absolute Gasteiger partial charge is 0.243 e. The summed E-state index contributed by atoms with van der Waals surface area (Å²) < 4.78 is 0. The van der Waals surface area contributed by atoms with E-state index in [0.717, 1.165) is 0 Å². The van der Waals surface area contributed by atoms with Crippen LogP contribution in [0.4, 0.5) is 0 Å². The third kappa shape index (κ3) is 1.23. The van der Waals surface area contributed by atoms with Crippen LogP contribution in [-0.2, 0) is 9.63 Å². The third-order valence-corrected chi connectivity index (χ3v) is 2.83. The number of amides is 1. The number of hydrogen-bond donors (Lipinski definition) is 2. The summed E-state index contributed by atoms with van der Waals surface area (Å²) in [5.41, 5.74) is 0. The van der Waals surface area contributed by atoms with Crippen LogP contribution >= 0.6 is 0 Å². The van der Waals surface area contributed by atoms with Crippen LogP contribution in [-0.4, -0.2) is 46.0 Å². The number of aliphatic hydroxyl groups excluding tert-OH is 2. The Bertz CT molecular complexity index is 232. The average Bonchev–Trinajstić information content (AvgIpc) is 2.55. The minimum absolute atomic E-state index is 0.126. The molecule has 5 nitrogen and oxygen atoms in total. The second-order valence-electron chi connectivity index (χ2n) is 3.67. The number of hydroxylamine groups is 2. The lowest BCUT2D eigenvalue weighted by molar-refractivity contribution is -0.175. The summed E-state index contributed by atoms with van der Waals surface area (Å²) in [7, 11) is 0. The van der Waals surface area contributed by atoms with Crippen molar-refractivity contribution in [3.05, 3.63) is 0 Å². The Balaban J connectivity index is 2.13. The van der Waals surface area contributed by atoms with Gasteiger partial charge in [-0.1, -0.05) is 0 Å². The van der Waals surface area contributed by atoms with Crippen LogP contribution in [0.15, 0.2) is 0 Å². The summed E-state index contributed by atoms with van der Waals surface area (Å²) in [5.74, 6) is -0.298. The van der Waals surface area contributed by atoms with Gasteiger partial charge >= 0.3 is 0 Å². The minimum Gasteiger partial charge on any atom is -0.390 e. The van der Waals surface area contributed by atoms with Gasteiger partial charge in [0.1, 0.15) is 0 Å². The highest BCUT2D eigenvalue weighted by Crippen LogP contribution is 2.35. The van der Waals surface area contributed by atoms with Crippen molar-refractivity contribution in [1.29, 1.82) is 0 Å². The molecule has 1 saturated heterocycles. The molecule has 1 aliphatic carbocycles. The SMILES string of the molecule is CC(=O)N1OCC2C(O)C(O)CC21. The number of aliphatic hydroxyl groups is 2. The molecule has 1 heterocycles. The summed E-state index contributed by atoms with van der Waals surface area (Å²) >= 11 is 0. The minimum atomic E-state index is -0.755. The number of carbonyl (C=O) groups is 1. The van der Waals surface area contributed by atoms with E-state index >= 15 is 0 Å². The Hall–Kier alpha value is -0.650. The second-order valence-corrected chi connectivity index (χ2v) is 3.67. The van der Waals surface area contributed by atoms with Crippen molar-refractivity contribution in [3.63, 3.8) is 0 Å². The van der Waals surface area contributed by atoms with Crippen molar-refractivity contribution in [2.24, 2.45) is 5.92 Å². The average molecular weight is 187 g/mol. The fourth-order valence-electron chi connectivity index (χ4n) is 2.14. The van der Waals surface area contributed by atoms with E-state index in [4.69, 9.17) is 4.84 Å². The summed E-state index contributed by atoms with van der Waals surface area (Å²) in [6, 6.07) is -0.150. The van der Waals surface area contributed by atoms with Gasteiger partial charge < -0.3 is 10.2 Å². The molecule has 0 radical (unpaired) electrons. The Morgan fingerprint density at radius 3 is 2.85 bits per heavy atom. The maximum absolute atomic E-state index is 11.0. The molecule has 13 heavy (non-hydrogen) atoms. The van der Waals surface area contributed by atoms with Crippen molar-refractivity contribution < 1.29 is 19.8 Å². The third-order valence-electron chi connectivity index (χ3n) is 2.83. The monoisotopic (exact) mass is 187 g/mol. The van der Waals surface area contributed by atoms with E-state index in [1.165, 1.54) is 12.0 Å². The molecule has 2 aliphatic rings. The van der Waals surface area contributed by atoms with E-state index in [1.807, 2.05) is 0 Å². The molecule has 5 heteroatoms. The summed E-state index contributed by atoms with van der Waals surface area (Å²) in [6.07, 6.45) is -1.07. The van der Waals surface area contributed by atoms with Crippen LogP contribution in [0.5, 0.6) is 0 Å². The highest BCUT2D eigenvalue weighted by molar-refractivity contribution is 5.72. The number of rotatable bonds is 0. The first-order valence-electron chi connectivity index (χ1n) is 4.40. The summed E-state index contributed by atoms with van der Waals surface area (Å²) in [4.78, 5) is 16.2. The normalized spacial score (nSPS) is 43.8. The standard InChI is InChI=1S/C8H13NO4/c1-4(10)9-6-2-7(11)8(12)5(6)3-13-9/h5-8,11-12H,2-3H2,1H3. The van der Waals surface area contributed by atoms with Gasteiger partial charge in [-0.15, -0.1) is 0 Å². The quantitative estimate of drug-likeness (QED) is 0.504. The molecule has 0 aromatic carbocycles. The van der Waals surface area contributed by atoms with Gasteiger partial charge in [-0.3, -0.25) is 9.63 Å². The van der Waals surface area contributed by atoms with E-state index in [2.05, 4.69) is 0 Å². The van der Waals surface area contributed by atoms with E-state index in [0.29, 0.717) is 13.0 Å². The molecule has 2 N–H and O–H groups in total. The first kappa shape index (κ1) is 8.93. The largest absolute Gasteiger partial charge is 0.390 e. The molecule has 0 bridgehead atoms. The van der Waals surface area contributed by atoms with Gasteiger partial charge in [-0.2, -0.15) is 0 Å². The number of nitrogens with zero attached hydrogens (tertiary/aromatic N) is 1. The molecule has 0 aromatic heterocycles. The predicted molar refractivity (Wildman–Crippen MR) is 42.4 cm³/mol. The lowest BCUT2D eigenvalue weighted by Gasteiger charge is -2.19. The van der Waals surface area contributed by atoms with Gasteiger partial charge in [0.25, 0.3) is 0 Å². The van der Waals surface area contributed by atoms with E-state index in [9.17, 15) is 15.0 Å². The number of hydrogen-bond acceptors (Lipinski definition) is 4. The fourth-order valence-corrected chi connectivity index (χ4v) is 2.14. The van der Waals surface area contributed by atoms with E-state index in [1.54, 1.807) is 0 Å². The molecular weight excluding hydrogens is 174 g/mol. The molecular formula is C8H13NO4. The lowest BCUT2D eigenvalue weighted by atomic mass is 10.0. The van der Waals surface area contributed by atoms with Crippen LogP contribution in [0, 0.1) is 5.92 Å². The Morgan fingerprint density at radius 1 is 1.54 bits per heavy atom. The highest BCUT2D eigenvalue weighted by atomic mass is 16.7. The molecule has 74 valence electrons. The van der Waals surface area contributed by atoms with E-state index < -0.39 is 12.2 Å². The van der Waals surface area contributed by atoms with Crippen LogP contribution in [0.1, 0.15) is 13.3 Å². The van der Waals surface area contributed by atoms with Crippen LogP contribution in [0.3, 0.4) is 0 Å². The summed E-state index contributed by atoms with van der Waals surface area (Å²) in [5, 5.41) is 20.1. The van der Waals surface area contributed by atoms with Crippen LogP contribution < -0.4 is 0 Å². The Kier molecular flexibility index (Phi) is 2.02.